The van der Waals surface area contributed by atoms with Crippen LogP contribution in [0.25, 0.3) is 0 Å². The summed E-state index contributed by atoms with van der Waals surface area (Å²) in [6.45, 7) is 0. The van der Waals surface area contributed by atoms with Gasteiger partial charge in [0.2, 0.25) is 0 Å². The molecule has 0 radical (unpaired) electrons. The first-order chi connectivity index (χ1) is 8.97. The molecule has 0 atom stereocenters. The van der Waals surface area contributed by atoms with Gasteiger partial charge in [-0.3, -0.25) is 0 Å². The normalized spacial score (nSPS) is 10.3. The number of rotatable bonds is 3. The molecular formula is C11H6BrClFN3OS. The maximum atomic E-state index is 13.4. The average molecular weight is 363 g/mol. The van der Waals surface area contributed by atoms with Crippen molar-refractivity contribution in [3.8, 4) is 11.8 Å². The van der Waals surface area contributed by atoms with Crippen LogP contribution in [0, 0.1) is 5.82 Å². The number of nitrogens with two attached hydrogens (primary N) is 1. The lowest BCUT2D eigenvalue weighted by atomic mass is 10.3. The fourth-order valence-electron chi connectivity index (χ4n) is 1.21. The van der Waals surface area contributed by atoms with Crippen LogP contribution in [0.4, 0.5) is 4.39 Å². The second-order valence-electron chi connectivity index (χ2n) is 3.39. The first kappa shape index (κ1) is 14.1. The minimum atomic E-state index is -0.606. The van der Waals surface area contributed by atoms with Gasteiger partial charge in [-0.2, -0.15) is 4.98 Å². The highest BCUT2D eigenvalue weighted by atomic mass is 79.9. The second kappa shape index (κ2) is 5.77. The molecule has 98 valence electrons. The van der Waals surface area contributed by atoms with Crippen molar-refractivity contribution in [1.29, 1.82) is 0 Å². The molecule has 1 aromatic carbocycles. The van der Waals surface area contributed by atoms with Crippen LogP contribution >= 0.6 is 39.7 Å². The number of halogens is 3. The molecule has 2 N–H and O–H groups in total. The summed E-state index contributed by atoms with van der Waals surface area (Å²) in [5, 5.41) is -0.0166. The molecule has 0 bridgehead atoms. The number of ether oxygens (including phenoxy) is 1. The van der Waals surface area contributed by atoms with E-state index in [9.17, 15) is 4.39 Å². The molecule has 2 rings (SSSR count). The highest BCUT2D eigenvalue weighted by molar-refractivity contribution is 9.10. The van der Waals surface area contributed by atoms with Crippen molar-refractivity contribution in [3.63, 3.8) is 0 Å². The molecule has 0 saturated carbocycles. The van der Waals surface area contributed by atoms with E-state index >= 15 is 0 Å². The van der Waals surface area contributed by atoms with Crippen molar-refractivity contribution < 1.29 is 9.13 Å². The summed E-state index contributed by atoms with van der Waals surface area (Å²) in [7, 11) is 0. The summed E-state index contributed by atoms with van der Waals surface area (Å²) in [5.74, 6) is -0.410. The van der Waals surface area contributed by atoms with Crippen molar-refractivity contribution in [2.75, 3.05) is 0 Å². The van der Waals surface area contributed by atoms with Crippen molar-refractivity contribution in [3.05, 3.63) is 45.4 Å². The topological polar surface area (TPSA) is 61.0 Å². The summed E-state index contributed by atoms with van der Waals surface area (Å²) in [5.41, 5.74) is 5.82. The third-order valence-electron chi connectivity index (χ3n) is 2.06. The van der Waals surface area contributed by atoms with Gasteiger partial charge in [-0.25, -0.2) is 9.37 Å². The molecule has 0 spiro atoms. The second-order valence-corrected chi connectivity index (χ2v) is 5.09. The molecule has 1 aromatic heterocycles. The van der Waals surface area contributed by atoms with E-state index < -0.39 is 5.82 Å². The van der Waals surface area contributed by atoms with Crippen LogP contribution in [0.15, 0.2) is 28.9 Å². The lowest BCUT2D eigenvalue weighted by Crippen LogP contribution is -2.12. The van der Waals surface area contributed by atoms with E-state index in [1.54, 1.807) is 6.07 Å². The monoisotopic (exact) mass is 361 g/mol. The molecule has 0 aliphatic rings. The Morgan fingerprint density at radius 1 is 1.47 bits per heavy atom. The van der Waals surface area contributed by atoms with Gasteiger partial charge in [0, 0.05) is 12.3 Å². The maximum Gasteiger partial charge on any atom is 0.322 e. The third kappa shape index (κ3) is 3.37. The Labute approximate surface area is 126 Å². The molecule has 2 aromatic rings. The van der Waals surface area contributed by atoms with Gasteiger partial charge in [0.25, 0.3) is 0 Å². The predicted octanol–water partition coefficient (Wildman–Crippen LogP) is 3.46. The first-order valence-corrected chi connectivity index (χ1v) is 6.50. The third-order valence-corrected chi connectivity index (χ3v) is 3.18. The summed E-state index contributed by atoms with van der Waals surface area (Å²) in [6, 6.07) is 4.06. The van der Waals surface area contributed by atoms with Crippen molar-refractivity contribution in [2.24, 2.45) is 5.73 Å². The minimum Gasteiger partial charge on any atom is -0.423 e. The van der Waals surface area contributed by atoms with Gasteiger partial charge >= 0.3 is 6.01 Å². The van der Waals surface area contributed by atoms with Gasteiger partial charge in [0.1, 0.15) is 22.2 Å². The van der Waals surface area contributed by atoms with Crippen LogP contribution in [0.5, 0.6) is 11.8 Å². The number of hydrogen-bond donors (Lipinski definition) is 1. The van der Waals surface area contributed by atoms with Gasteiger partial charge in [0.15, 0.2) is 0 Å². The summed E-state index contributed by atoms with van der Waals surface area (Å²) in [6.07, 6.45) is 1.44. The number of aromatic nitrogens is 2. The molecule has 8 heteroatoms. The molecular weight excluding hydrogens is 357 g/mol. The summed E-state index contributed by atoms with van der Waals surface area (Å²) >= 11 is 13.6. The summed E-state index contributed by atoms with van der Waals surface area (Å²) < 4.78 is 19.2. The molecule has 0 saturated heterocycles. The number of hydrogen-bond acceptors (Lipinski definition) is 4. The van der Waals surface area contributed by atoms with Crippen LogP contribution in [-0.4, -0.2) is 15.0 Å². The minimum absolute atomic E-state index is 0.00715. The lowest BCUT2D eigenvalue weighted by molar-refractivity contribution is 0.435. The standard InChI is InChI=1S/C11H6BrClFN3OS/c12-5-3-6(13)7(14)4-9(5)18-11-16-2-1-8(17-11)10(15)19/h1-4H,(H2,15,19). The van der Waals surface area contributed by atoms with Gasteiger partial charge < -0.3 is 10.5 Å². The van der Waals surface area contributed by atoms with E-state index in [1.807, 2.05) is 0 Å². The Kier molecular flexibility index (Phi) is 4.28. The van der Waals surface area contributed by atoms with Crippen LogP contribution in [-0.2, 0) is 0 Å². The van der Waals surface area contributed by atoms with Crippen LogP contribution in [0.1, 0.15) is 5.69 Å². The molecule has 1 heterocycles. The van der Waals surface area contributed by atoms with E-state index in [0.29, 0.717) is 10.2 Å². The highest BCUT2D eigenvalue weighted by Gasteiger charge is 2.11. The Balaban J connectivity index is 2.33. The van der Waals surface area contributed by atoms with Gasteiger partial charge in [-0.1, -0.05) is 23.8 Å². The predicted molar refractivity (Wildman–Crippen MR) is 77.1 cm³/mol. The Morgan fingerprint density at radius 2 is 2.21 bits per heavy atom. The fourth-order valence-corrected chi connectivity index (χ4v) is 2.04. The van der Waals surface area contributed by atoms with E-state index in [4.69, 9.17) is 34.3 Å². The Bertz CT molecular complexity index is 656. The van der Waals surface area contributed by atoms with Crippen LogP contribution in [0.3, 0.4) is 0 Å². The number of thiocarbonyl (C=S) groups is 1. The lowest BCUT2D eigenvalue weighted by Gasteiger charge is -2.07. The number of nitrogens with zero attached hydrogens (tertiary/aromatic N) is 2. The van der Waals surface area contributed by atoms with Gasteiger partial charge in [-0.15, -0.1) is 0 Å². The maximum absolute atomic E-state index is 13.4. The quantitative estimate of drug-likeness (QED) is 0.669. The molecule has 0 unspecified atom stereocenters. The van der Waals surface area contributed by atoms with E-state index in [-0.39, 0.29) is 21.8 Å². The van der Waals surface area contributed by atoms with Gasteiger partial charge in [0.05, 0.1) is 9.50 Å². The van der Waals surface area contributed by atoms with E-state index in [2.05, 4.69) is 25.9 Å². The highest BCUT2D eigenvalue weighted by Crippen LogP contribution is 2.32. The zero-order chi connectivity index (χ0) is 14.0. The summed E-state index contributed by atoms with van der Waals surface area (Å²) in [4.78, 5) is 7.99. The molecule has 19 heavy (non-hydrogen) atoms. The zero-order valence-corrected chi connectivity index (χ0v) is 12.4. The molecule has 0 amide bonds. The zero-order valence-electron chi connectivity index (χ0n) is 9.23. The largest absolute Gasteiger partial charge is 0.423 e. The molecule has 4 nitrogen and oxygen atoms in total. The van der Waals surface area contributed by atoms with E-state index in [1.165, 1.54) is 12.3 Å². The van der Waals surface area contributed by atoms with Crippen molar-refractivity contribution in [1.82, 2.24) is 9.97 Å². The average Bonchev–Trinajstić information content (AvgIpc) is 2.36. The molecule has 0 aliphatic heterocycles. The first-order valence-electron chi connectivity index (χ1n) is 4.92. The van der Waals surface area contributed by atoms with Crippen LogP contribution in [0.2, 0.25) is 5.02 Å². The van der Waals surface area contributed by atoms with Crippen molar-refractivity contribution >= 4 is 44.7 Å². The Morgan fingerprint density at radius 3 is 2.89 bits per heavy atom. The SMILES string of the molecule is NC(=S)c1ccnc(Oc2cc(F)c(Cl)cc2Br)n1. The fraction of sp³-hybridized carbons (Fsp3) is 0. The number of benzene rings is 1. The molecule has 0 aliphatic carbocycles. The smallest absolute Gasteiger partial charge is 0.322 e. The van der Waals surface area contributed by atoms with Crippen molar-refractivity contribution in [2.45, 2.75) is 0 Å². The van der Waals surface area contributed by atoms with Crippen LogP contribution < -0.4 is 10.5 Å². The molecule has 0 fully saturated rings. The van der Waals surface area contributed by atoms with E-state index in [0.717, 1.165) is 6.07 Å². The Hall–Kier alpha value is -1.31. The van der Waals surface area contributed by atoms with Gasteiger partial charge in [-0.05, 0) is 28.1 Å².